The van der Waals surface area contributed by atoms with Gasteiger partial charge in [-0.25, -0.2) is 4.79 Å². The van der Waals surface area contributed by atoms with Crippen molar-refractivity contribution in [2.45, 2.75) is 69.5 Å². The van der Waals surface area contributed by atoms with Crippen LogP contribution in [0.3, 0.4) is 0 Å². The van der Waals surface area contributed by atoms with Crippen LogP contribution < -0.4 is 0 Å². The molecule has 5 aliphatic rings. The first-order chi connectivity index (χ1) is 12.8. The molecule has 0 atom stereocenters. The van der Waals surface area contributed by atoms with Gasteiger partial charge in [-0.2, -0.15) is 13.2 Å². The minimum absolute atomic E-state index is 0.393. The lowest BCUT2D eigenvalue weighted by Crippen LogP contribution is -2.49. The summed E-state index contributed by atoms with van der Waals surface area (Å²) in [6, 6.07) is 0. The van der Waals surface area contributed by atoms with Crippen molar-refractivity contribution in [3.8, 4) is 0 Å². The number of hydrogen-bond donors (Lipinski definition) is 1. The highest BCUT2D eigenvalue weighted by Crippen LogP contribution is 2.60. The fraction of sp³-hybridized carbons (Fsp3) is 0.737. The van der Waals surface area contributed by atoms with E-state index in [9.17, 15) is 13.2 Å². The van der Waals surface area contributed by atoms with Crippen LogP contribution in [0.1, 0.15) is 56.6 Å². The van der Waals surface area contributed by atoms with Crippen molar-refractivity contribution in [3.05, 3.63) is 23.8 Å². The Balaban J connectivity index is 0.000000224. The van der Waals surface area contributed by atoms with Gasteiger partial charge in [0.1, 0.15) is 11.6 Å². The van der Waals surface area contributed by atoms with Crippen molar-refractivity contribution in [2.24, 2.45) is 17.8 Å². The Morgan fingerprint density at radius 1 is 1.07 bits per heavy atom. The zero-order valence-electron chi connectivity index (χ0n) is 15.1. The van der Waals surface area contributed by atoms with E-state index < -0.39 is 12.1 Å². The zero-order chi connectivity index (χ0) is 19.2. The number of carboxylic acids is 1. The van der Waals surface area contributed by atoms with Crippen molar-refractivity contribution in [2.75, 3.05) is 0 Å². The maximum absolute atomic E-state index is 10.6. The Labute approximate surface area is 155 Å². The number of halogens is 3. The number of aromatic nitrogens is 3. The molecule has 4 saturated carbocycles. The van der Waals surface area contributed by atoms with Crippen LogP contribution in [0.4, 0.5) is 13.2 Å². The molecule has 1 aromatic heterocycles. The number of aliphatic carboxylic acids is 1. The smallest absolute Gasteiger partial charge is 0.475 e. The van der Waals surface area contributed by atoms with E-state index >= 15 is 0 Å². The van der Waals surface area contributed by atoms with E-state index in [1.165, 1.54) is 50.2 Å². The minimum Gasteiger partial charge on any atom is -0.475 e. The number of hydrogen-bond acceptors (Lipinski definition) is 3. The van der Waals surface area contributed by atoms with Crippen LogP contribution in [0.2, 0.25) is 0 Å². The highest BCUT2D eigenvalue weighted by atomic mass is 19.4. The first kappa shape index (κ1) is 18.5. The Morgan fingerprint density at radius 3 is 2.15 bits per heavy atom. The molecule has 2 heterocycles. The van der Waals surface area contributed by atoms with Crippen molar-refractivity contribution < 1.29 is 23.1 Å². The summed E-state index contributed by atoms with van der Waals surface area (Å²) in [6.07, 6.45) is 10.3. The molecule has 0 saturated heterocycles. The van der Waals surface area contributed by atoms with Crippen LogP contribution in [-0.2, 0) is 23.2 Å². The van der Waals surface area contributed by atoms with Gasteiger partial charge < -0.3 is 9.67 Å². The average molecular weight is 383 g/mol. The van der Waals surface area contributed by atoms with Gasteiger partial charge in [0.15, 0.2) is 0 Å². The van der Waals surface area contributed by atoms with Crippen LogP contribution >= 0.6 is 0 Å². The number of allylic oxidation sites excluding steroid dienone is 2. The van der Waals surface area contributed by atoms with E-state index in [-0.39, 0.29) is 0 Å². The van der Waals surface area contributed by atoms with E-state index in [1.807, 2.05) is 0 Å². The fourth-order valence-corrected chi connectivity index (χ4v) is 6.01. The lowest BCUT2D eigenvalue weighted by Gasteiger charge is -2.56. The highest BCUT2D eigenvalue weighted by molar-refractivity contribution is 5.73. The predicted molar refractivity (Wildman–Crippen MR) is 91.0 cm³/mol. The van der Waals surface area contributed by atoms with Gasteiger partial charge in [-0.1, -0.05) is 12.2 Å². The number of carboxylic acid groups (broad SMARTS) is 1. The van der Waals surface area contributed by atoms with Crippen LogP contribution in [0.25, 0.3) is 0 Å². The number of alkyl halides is 3. The molecule has 4 bridgehead atoms. The van der Waals surface area contributed by atoms with E-state index in [0.29, 0.717) is 5.41 Å². The molecule has 4 aliphatic carbocycles. The number of carbonyl (C=O) groups is 1. The molecule has 6 rings (SSSR count). The molecule has 4 fully saturated rings. The van der Waals surface area contributed by atoms with E-state index in [2.05, 4.69) is 21.8 Å². The summed E-state index contributed by atoms with van der Waals surface area (Å²) in [5.74, 6) is 2.75. The van der Waals surface area contributed by atoms with Crippen molar-refractivity contribution in [1.82, 2.24) is 14.8 Å². The third kappa shape index (κ3) is 3.50. The molecule has 27 heavy (non-hydrogen) atoms. The molecule has 148 valence electrons. The predicted octanol–water partition coefficient (Wildman–Crippen LogP) is 3.88. The van der Waals surface area contributed by atoms with E-state index in [1.54, 1.807) is 0 Å². The van der Waals surface area contributed by atoms with Gasteiger partial charge in [-0.15, -0.1) is 10.2 Å². The monoisotopic (exact) mass is 383 g/mol. The number of rotatable bonds is 1. The van der Waals surface area contributed by atoms with Gasteiger partial charge in [0.2, 0.25) is 0 Å². The van der Waals surface area contributed by atoms with Crippen LogP contribution in [-0.4, -0.2) is 32.0 Å². The third-order valence-corrected chi connectivity index (χ3v) is 6.57. The molecule has 1 aliphatic heterocycles. The molecule has 0 radical (unpaired) electrons. The molecule has 1 N–H and O–H groups in total. The Hall–Kier alpha value is -1.86. The summed E-state index contributed by atoms with van der Waals surface area (Å²) >= 11 is 0. The lowest BCUT2D eigenvalue weighted by atomic mass is 9.49. The molecule has 0 spiro atoms. The molecule has 0 amide bonds. The van der Waals surface area contributed by atoms with Crippen LogP contribution in [0.5, 0.6) is 0 Å². The molecule has 1 aromatic rings. The Bertz CT molecular complexity index is 719. The van der Waals surface area contributed by atoms with E-state index in [0.717, 1.165) is 37.1 Å². The topological polar surface area (TPSA) is 68.0 Å². The average Bonchev–Trinajstić information content (AvgIpc) is 2.84. The second-order valence-electron chi connectivity index (χ2n) is 8.56. The Morgan fingerprint density at radius 2 is 1.63 bits per heavy atom. The normalized spacial score (nSPS) is 33.8. The van der Waals surface area contributed by atoms with Gasteiger partial charge in [0.25, 0.3) is 0 Å². The third-order valence-electron chi connectivity index (χ3n) is 6.57. The molecule has 0 aromatic carbocycles. The molecule has 0 unspecified atom stereocenters. The fourth-order valence-electron chi connectivity index (χ4n) is 6.01. The summed E-state index contributed by atoms with van der Waals surface area (Å²) in [6.45, 7) is 1.09. The van der Waals surface area contributed by atoms with Gasteiger partial charge in [-0.3, -0.25) is 0 Å². The highest BCUT2D eigenvalue weighted by Gasteiger charge is 2.53. The second-order valence-corrected chi connectivity index (χ2v) is 8.56. The zero-order valence-corrected chi connectivity index (χ0v) is 15.1. The molecule has 5 nitrogen and oxygen atoms in total. The molecule has 8 heteroatoms. The van der Waals surface area contributed by atoms with Gasteiger partial charge in [0.05, 0.1) is 0 Å². The summed E-state index contributed by atoms with van der Waals surface area (Å²) in [5, 5.41) is 16.4. The molecular formula is C19H24F3N3O2. The maximum atomic E-state index is 10.6. The minimum atomic E-state index is -5.08. The quantitative estimate of drug-likeness (QED) is 0.748. The summed E-state index contributed by atoms with van der Waals surface area (Å²) in [7, 11) is 0. The summed E-state index contributed by atoms with van der Waals surface area (Å²) in [5.41, 5.74) is 0.393. The SMILES string of the molecule is C1=CCc2nnc(C34CC5CC(CC(C5)C3)C4)n2CC1.O=C(O)C(F)(F)F. The first-order valence-electron chi connectivity index (χ1n) is 9.64. The van der Waals surface area contributed by atoms with E-state index in [4.69, 9.17) is 15.0 Å². The standard InChI is InChI=1S/C17H23N3.C2HF3O2/c1-2-4-15-18-19-16(20(15)5-3-1)17-9-12-6-13(10-17)8-14(7-12)11-17;3-2(4,5)1(6)7/h1-2,12-14H,3-11H2;(H,6,7). The first-order valence-corrected chi connectivity index (χ1v) is 9.64. The maximum Gasteiger partial charge on any atom is 0.490 e. The largest absolute Gasteiger partial charge is 0.490 e. The number of nitrogens with zero attached hydrogens (tertiary/aromatic N) is 3. The lowest BCUT2D eigenvalue weighted by molar-refractivity contribution is -0.192. The van der Waals surface area contributed by atoms with Gasteiger partial charge in [-0.05, 0) is 62.7 Å². The van der Waals surface area contributed by atoms with Gasteiger partial charge in [0, 0.05) is 18.4 Å². The molecular weight excluding hydrogens is 359 g/mol. The Kier molecular flexibility index (Phi) is 4.55. The summed E-state index contributed by atoms with van der Waals surface area (Å²) in [4.78, 5) is 8.90. The van der Waals surface area contributed by atoms with Crippen molar-refractivity contribution in [3.63, 3.8) is 0 Å². The van der Waals surface area contributed by atoms with Crippen LogP contribution in [0, 0.1) is 17.8 Å². The van der Waals surface area contributed by atoms with Crippen LogP contribution in [0.15, 0.2) is 12.2 Å². The summed E-state index contributed by atoms with van der Waals surface area (Å²) < 4.78 is 34.2. The van der Waals surface area contributed by atoms with Gasteiger partial charge >= 0.3 is 12.1 Å². The number of fused-ring (bicyclic) bond motifs is 1. The van der Waals surface area contributed by atoms with Crippen molar-refractivity contribution in [1.29, 1.82) is 0 Å². The van der Waals surface area contributed by atoms with Crippen molar-refractivity contribution >= 4 is 5.97 Å². The second kappa shape index (κ2) is 6.63.